The number of halogens is 2. The van der Waals surface area contributed by atoms with E-state index in [1.807, 2.05) is 0 Å². The lowest BCUT2D eigenvalue weighted by Crippen LogP contribution is -2.01. The molecule has 17 heavy (non-hydrogen) atoms. The molecule has 2 aromatic rings. The second-order valence-electron chi connectivity index (χ2n) is 3.54. The Kier molecular flexibility index (Phi) is 3.49. The number of anilines is 1. The summed E-state index contributed by atoms with van der Waals surface area (Å²) < 4.78 is 18.8. The number of benzene rings is 2. The molecular weight excluding hydrogens is 241 g/mol. The Morgan fingerprint density at radius 2 is 1.88 bits per heavy atom. The summed E-state index contributed by atoms with van der Waals surface area (Å²) in [4.78, 5) is 0. The van der Waals surface area contributed by atoms with E-state index in [1.54, 1.807) is 36.4 Å². The summed E-state index contributed by atoms with van der Waals surface area (Å²) in [5, 5.41) is 0.418. The second-order valence-corrected chi connectivity index (χ2v) is 3.95. The maximum absolute atomic E-state index is 13.3. The number of nitrogens with two attached hydrogens (primary N) is 1. The maximum atomic E-state index is 13.3. The molecule has 0 amide bonds. The van der Waals surface area contributed by atoms with E-state index in [0.29, 0.717) is 22.0 Å². The maximum Gasteiger partial charge on any atom is 0.161 e. The summed E-state index contributed by atoms with van der Waals surface area (Å²) in [6, 6.07) is 11.5. The van der Waals surface area contributed by atoms with E-state index in [2.05, 4.69) is 0 Å². The molecule has 0 radical (unpaired) electrons. The van der Waals surface area contributed by atoms with Crippen LogP contribution in [0.4, 0.5) is 10.1 Å². The molecule has 0 heterocycles. The number of hydrogen-bond donors (Lipinski definition) is 1. The van der Waals surface area contributed by atoms with Crippen LogP contribution in [0.2, 0.25) is 5.02 Å². The quantitative estimate of drug-likeness (QED) is 0.846. The molecule has 0 aliphatic carbocycles. The minimum Gasteiger partial charge on any atom is -0.485 e. The molecule has 88 valence electrons. The fraction of sp³-hybridized carbons (Fsp3) is 0.0769. The highest BCUT2D eigenvalue weighted by Gasteiger charge is 2.07. The standard InChI is InChI=1S/C13H11ClFNO/c14-10-5-3-7-12(16)13(10)17-8-9-4-1-2-6-11(9)15/h1-7H,8,16H2. The monoisotopic (exact) mass is 251 g/mol. The highest BCUT2D eigenvalue weighted by atomic mass is 35.5. The van der Waals surface area contributed by atoms with Gasteiger partial charge < -0.3 is 10.5 Å². The zero-order valence-corrected chi connectivity index (χ0v) is 9.75. The lowest BCUT2D eigenvalue weighted by molar-refractivity contribution is 0.301. The Morgan fingerprint density at radius 3 is 2.59 bits per heavy atom. The molecule has 2 rings (SSSR count). The molecule has 2 N–H and O–H groups in total. The predicted octanol–water partition coefficient (Wildman–Crippen LogP) is 3.64. The Bertz CT molecular complexity index is 510. The Morgan fingerprint density at radius 1 is 1.12 bits per heavy atom. The second kappa shape index (κ2) is 5.06. The van der Waals surface area contributed by atoms with Crippen molar-refractivity contribution in [1.29, 1.82) is 0 Å². The van der Waals surface area contributed by atoms with Crippen LogP contribution in [-0.2, 0) is 6.61 Å². The molecule has 2 nitrogen and oxygen atoms in total. The molecule has 2 aromatic carbocycles. The molecule has 0 aliphatic rings. The van der Waals surface area contributed by atoms with E-state index in [0.717, 1.165) is 0 Å². The van der Waals surface area contributed by atoms with E-state index in [-0.39, 0.29) is 12.4 Å². The summed E-state index contributed by atoms with van der Waals surface area (Å²) in [6.45, 7) is 0.0978. The summed E-state index contributed by atoms with van der Waals surface area (Å²) in [7, 11) is 0. The molecule has 0 bridgehead atoms. The predicted molar refractivity (Wildman–Crippen MR) is 66.6 cm³/mol. The van der Waals surface area contributed by atoms with Crippen LogP contribution in [0.1, 0.15) is 5.56 Å². The van der Waals surface area contributed by atoms with E-state index < -0.39 is 0 Å². The smallest absolute Gasteiger partial charge is 0.161 e. The van der Waals surface area contributed by atoms with Gasteiger partial charge in [-0.15, -0.1) is 0 Å². The van der Waals surface area contributed by atoms with Gasteiger partial charge in [0.2, 0.25) is 0 Å². The van der Waals surface area contributed by atoms with Gasteiger partial charge in [0.05, 0.1) is 10.7 Å². The van der Waals surface area contributed by atoms with Gasteiger partial charge in [-0.2, -0.15) is 0 Å². The van der Waals surface area contributed by atoms with Crippen LogP contribution in [0.3, 0.4) is 0 Å². The summed E-state index contributed by atoms with van der Waals surface area (Å²) in [6.07, 6.45) is 0. The fourth-order valence-corrected chi connectivity index (χ4v) is 1.68. The van der Waals surface area contributed by atoms with Crippen molar-refractivity contribution in [3.63, 3.8) is 0 Å². The third-order valence-electron chi connectivity index (χ3n) is 2.33. The van der Waals surface area contributed by atoms with Crippen molar-refractivity contribution in [1.82, 2.24) is 0 Å². The summed E-state index contributed by atoms with van der Waals surface area (Å²) in [5.74, 6) is 0.0792. The highest BCUT2D eigenvalue weighted by Crippen LogP contribution is 2.31. The van der Waals surface area contributed by atoms with E-state index >= 15 is 0 Å². The Labute approximate surface area is 104 Å². The molecule has 0 spiro atoms. The van der Waals surface area contributed by atoms with Gasteiger partial charge in [0.1, 0.15) is 12.4 Å². The van der Waals surface area contributed by atoms with Gasteiger partial charge in [0.15, 0.2) is 5.75 Å². The average Bonchev–Trinajstić information content (AvgIpc) is 2.30. The van der Waals surface area contributed by atoms with Crippen LogP contribution in [0.5, 0.6) is 5.75 Å². The van der Waals surface area contributed by atoms with Gasteiger partial charge in [-0.25, -0.2) is 4.39 Å². The zero-order chi connectivity index (χ0) is 12.3. The van der Waals surface area contributed by atoms with Crippen molar-refractivity contribution in [2.75, 3.05) is 5.73 Å². The minimum atomic E-state index is -0.307. The largest absolute Gasteiger partial charge is 0.485 e. The Balaban J connectivity index is 2.16. The molecule has 0 saturated carbocycles. The normalized spacial score (nSPS) is 10.2. The first-order valence-corrected chi connectivity index (χ1v) is 5.46. The van der Waals surface area contributed by atoms with Crippen LogP contribution in [-0.4, -0.2) is 0 Å². The van der Waals surface area contributed by atoms with Crippen LogP contribution in [0.15, 0.2) is 42.5 Å². The molecule has 0 fully saturated rings. The molecule has 0 saturated heterocycles. The van der Waals surface area contributed by atoms with Crippen molar-refractivity contribution in [2.45, 2.75) is 6.61 Å². The van der Waals surface area contributed by atoms with Crippen molar-refractivity contribution in [3.05, 3.63) is 58.9 Å². The van der Waals surface area contributed by atoms with Gasteiger partial charge in [-0.1, -0.05) is 35.9 Å². The highest BCUT2D eigenvalue weighted by molar-refractivity contribution is 6.32. The number of rotatable bonds is 3. The van der Waals surface area contributed by atoms with E-state index in [1.165, 1.54) is 6.07 Å². The first-order valence-electron chi connectivity index (χ1n) is 5.08. The third-order valence-corrected chi connectivity index (χ3v) is 2.62. The van der Waals surface area contributed by atoms with E-state index in [9.17, 15) is 4.39 Å². The van der Waals surface area contributed by atoms with E-state index in [4.69, 9.17) is 22.1 Å². The van der Waals surface area contributed by atoms with Gasteiger partial charge in [-0.3, -0.25) is 0 Å². The Hall–Kier alpha value is -1.74. The number of para-hydroxylation sites is 1. The van der Waals surface area contributed by atoms with Crippen LogP contribution < -0.4 is 10.5 Å². The van der Waals surface area contributed by atoms with Gasteiger partial charge in [0, 0.05) is 5.56 Å². The molecular formula is C13H11ClFNO. The van der Waals surface area contributed by atoms with Crippen molar-refractivity contribution >= 4 is 17.3 Å². The summed E-state index contributed by atoms with van der Waals surface area (Å²) in [5.41, 5.74) is 6.62. The fourth-order valence-electron chi connectivity index (χ4n) is 1.44. The zero-order valence-electron chi connectivity index (χ0n) is 8.99. The lowest BCUT2D eigenvalue weighted by Gasteiger charge is -2.10. The molecule has 0 aliphatic heterocycles. The number of hydrogen-bond acceptors (Lipinski definition) is 2. The third kappa shape index (κ3) is 2.68. The summed E-state index contributed by atoms with van der Waals surface area (Å²) >= 11 is 5.94. The molecule has 0 aromatic heterocycles. The molecule has 0 atom stereocenters. The first-order chi connectivity index (χ1) is 8.18. The first kappa shape index (κ1) is 11.7. The number of ether oxygens (including phenoxy) is 1. The average molecular weight is 252 g/mol. The minimum absolute atomic E-state index is 0.0978. The topological polar surface area (TPSA) is 35.2 Å². The van der Waals surface area contributed by atoms with Gasteiger partial charge in [-0.05, 0) is 18.2 Å². The van der Waals surface area contributed by atoms with Crippen molar-refractivity contribution in [3.8, 4) is 5.75 Å². The van der Waals surface area contributed by atoms with Crippen LogP contribution >= 0.6 is 11.6 Å². The van der Waals surface area contributed by atoms with Gasteiger partial charge in [0.25, 0.3) is 0 Å². The van der Waals surface area contributed by atoms with Gasteiger partial charge >= 0.3 is 0 Å². The van der Waals surface area contributed by atoms with Crippen molar-refractivity contribution < 1.29 is 9.13 Å². The SMILES string of the molecule is Nc1cccc(Cl)c1OCc1ccccc1F. The van der Waals surface area contributed by atoms with Crippen molar-refractivity contribution in [2.24, 2.45) is 0 Å². The number of nitrogen functional groups attached to an aromatic ring is 1. The lowest BCUT2D eigenvalue weighted by atomic mass is 10.2. The van der Waals surface area contributed by atoms with Crippen LogP contribution in [0, 0.1) is 5.82 Å². The molecule has 4 heteroatoms. The molecule has 0 unspecified atom stereocenters. The van der Waals surface area contributed by atoms with Crippen LogP contribution in [0.25, 0.3) is 0 Å².